The molecule has 0 unspecified atom stereocenters. The maximum Gasteiger partial charge on any atom is 0.335 e. The molecule has 2 aromatic rings. The monoisotopic (exact) mass is 365 g/mol. The first kappa shape index (κ1) is 18.7. The van der Waals surface area contributed by atoms with Crippen LogP contribution < -0.4 is 10.1 Å². The first-order chi connectivity index (χ1) is 11.9. The van der Waals surface area contributed by atoms with E-state index in [2.05, 4.69) is 15.5 Å². The zero-order chi connectivity index (χ0) is 18.3. The highest BCUT2D eigenvalue weighted by Crippen LogP contribution is 2.19. The summed E-state index contributed by atoms with van der Waals surface area (Å²) in [7, 11) is -3.56. The van der Waals surface area contributed by atoms with Crippen molar-refractivity contribution >= 4 is 21.8 Å². The zero-order valence-corrected chi connectivity index (χ0v) is 14.7. The Balaban J connectivity index is 1.94. The second-order valence-electron chi connectivity index (χ2n) is 5.17. The smallest absolute Gasteiger partial charge is 0.335 e. The van der Waals surface area contributed by atoms with Crippen molar-refractivity contribution in [1.82, 2.24) is 15.5 Å². The van der Waals surface area contributed by atoms with Crippen molar-refractivity contribution < 1.29 is 22.4 Å². The van der Waals surface area contributed by atoms with Crippen LogP contribution in [0.3, 0.4) is 0 Å². The van der Waals surface area contributed by atoms with E-state index in [9.17, 15) is 13.2 Å². The summed E-state index contributed by atoms with van der Waals surface area (Å²) in [6.45, 7) is 2.54. The molecule has 1 aromatic carbocycles. The molecule has 25 heavy (non-hydrogen) atoms. The van der Waals surface area contributed by atoms with Crippen molar-refractivity contribution in [2.75, 3.05) is 12.9 Å². The number of amides is 1. The van der Waals surface area contributed by atoms with Crippen LogP contribution in [0.4, 0.5) is 0 Å². The summed E-state index contributed by atoms with van der Waals surface area (Å²) in [5, 5.41) is 9.04. The van der Waals surface area contributed by atoms with Gasteiger partial charge in [-0.2, -0.15) is 0 Å². The maximum atomic E-state index is 11.9. The Labute approximate surface area is 145 Å². The van der Waals surface area contributed by atoms with Crippen LogP contribution in [-0.4, -0.2) is 37.4 Å². The van der Waals surface area contributed by atoms with Gasteiger partial charge in [-0.1, -0.05) is 30.2 Å². The predicted molar refractivity (Wildman–Crippen MR) is 90.5 cm³/mol. The molecule has 1 aromatic heterocycles. The third-order valence-corrected chi connectivity index (χ3v) is 3.77. The number of benzene rings is 1. The molecule has 0 atom stereocenters. The topological polar surface area (TPSA) is 111 Å². The molecule has 2 rings (SSSR count). The van der Waals surface area contributed by atoms with Gasteiger partial charge in [0.15, 0.2) is 0 Å². The van der Waals surface area contributed by atoms with Crippen LogP contribution in [0.25, 0.3) is 6.08 Å². The molecule has 0 aliphatic rings. The zero-order valence-electron chi connectivity index (χ0n) is 13.9. The van der Waals surface area contributed by atoms with Gasteiger partial charge in [0.25, 0.3) is 0 Å². The fourth-order valence-electron chi connectivity index (χ4n) is 1.81. The fourth-order valence-corrected chi connectivity index (χ4v) is 2.25. The van der Waals surface area contributed by atoms with Crippen LogP contribution in [0.5, 0.6) is 5.75 Å². The average molecular weight is 365 g/mol. The van der Waals surface area contributed by atoms with Crippen LogP contribution in [0.2, 0.25) is 0 Å². The summed E-state index contributed by atoms with van der Waals surface area (Å²) < 4.78 is 33.1. The van der Waals surface area contributed by atoms with Crippen LogP contribution in [0.15, 0.2) is 40.0 Å². The lowest BCUT2D eigenvalue weighted by Gasteiger charge is -2.07. The third-order valence-electron chi connectivity index (χ3n) is 2.97. The van der Waals surface area contributed by atoms with E-state index in [0.29, 0.717) is 12.4 Å². The van der Waals surface area contributed by atoms with Gasteiger partial charge >= 0.3 is 5.22 Å². The molecule has 9 heteroatoms. The van der Waals surface area contributed by atoms with Gasteiger partial charge in [0, 0.05) is 17.9 Å². The number of rotatable bonds is 8. The van der Waals surface area contributed by atoms with Crippen molar-refractivity contribution in [2.24, 2.45) is 0 Å². The van der Waals surface area contributed by atoms with E-state index < -0.39 is 15.1 Å². The summed E-state index contributed by atoms with van der Waals surface area (Å²) in [5.74, 6) is 0.321. The fraction of sp³-hybridized carbons (Fsp3) is 0.312. The highest BCUT2D eigenvalue weighted by atomic mass is 32.2. The summed E-state index contributed by atoms with van der Waals surface area (Å²) >= 11 is 0. The van der Waals surface area contributed by atoms with E-state index in [1.165, 1.54) is 6.08 Å². The normalized spacial score (nSPS) is 11.6. The van der Waals surface area contributed by atoms with E-state index in [0.717, 1.165) is 18.2 Å². The van der Waals surface area contributed by atoms with Crippen LogP contribution in [-0.2, 0) is 21.2 Å². The van der Waals surface area contributed by atoms with E-state index in [-0.39, 0.29) is 18.3 Å². The number of nitrogens with zero attached hydrogens (tertiary/aromatic N) is 2. The third kappa shape index (κ3) is 5.71. The molecule has 0 radical (unpaired) electrons. The number of sulfone groups is 1. The molecule has 1 N–H and O–H groups in total. The summed E-state index contributed by atoms with van der Waals surface area (Å²) in [6, 6.07) is 7.38. The maximum absolute atomic E-state index is 11.9. The number of para-hydroxylation sites is 1. The molecule has 0 saturated heterocycles. The standard InChI is InChI=1S/C16H19N3O5S/c1-3-10-23-13-7-5-4-6-12(13)8-9-14(20)17-11-15-18-19-16(24-15)25(2,21)22/h4-9H,3,10-11H2,1-2H3,(H,17,20)/b9-8+. The lowest BCUT2D eigenvalue weighted by atomic mass is 10.2. The van der Waals surface area contributed by atoms with Crippen LogP contribution >= 0.6 is 0 Å². The minimum absolute atomic E-state index is 0.00820. The van der Waals surface area contributed by atoms with Gasteiger partial charge in [-0.15, -0.1) is 5.10 Å². The SMILES string of the molecule is CCCOc1ccccc1/C=C/C(=O)NCc1nnc(S(C)(=O)=O)o1. The van der Waals surface area contributed by atoms with Crippen LogP contribution in [0, 0.1) is 0 Å². The summed E-state index contributed by atoms with van der Waals surface area (Å²) in [6.07, 6.45) is 4.83. The lowest BCUT2D eigenvalue weighted by Crippen LogP contribution is -2.20. The van der Waals surface area contributed by atoms with E-state index in [4.69, 9.17) is 9.15 Å². The lowest BCUT2D eigenvalue weighted by molar-refractivity contribution is -0.116. The molecule has 0 spiro atoms. The Bertz CT molecular complexity index is 858. The molecule has 1 heterocycles. The number of hydrogen-bond donors (Lipinski definition) is 1. The number of aromatic nitrogens is 2. The second kappa shape index (κ2) is 8.43. The number of carbonyl (C=O) groups is 1. The molecular weight excluding hydrogens is 346 g/mol. The van der Waals surface area contributed by atoms with Gasteiger partial charge < -0.3 is 14.5 Å². The second-order valence-corrected chi connectivity index (χ2v) is 7.06. The Kier molecular flexibility index (Phi) is 6.29. The summed E-state index contributed by atoms with van der Waals surface area (Å²) in [4.78, 5) is 11.9. The number of nitrogens with one attached hydrogen (secondary N) is 1. The van der Waals surface area contributed by atoms with E-state index in [1.807, 2.05) is 31.2 Å². The number of hydrogen-bond acceptors (Lipinski definition) is 7. The summed E-state index contributed by atoms with van der Waals surface area (Å²) in [5.41, 5.74) is 0.781. The number of ether oxygens (including phenoxy) is 1. The van der Waals surface area contributed by atoms with E-state index >= 15 is 0 Å². The molecule has 1 amide bonds. The van der Waals surface area contributed by atoms with Gasteiger partial charge in [-0.3, -0.25) is 4.79 Å². The molecular formula is C16H19N3O5S. The molecule has 0 aliphatic carbocycles. The Morgan fingerprint density at radius 3 is 2.76 bits per heavy atom. The molecule has 0 bridgehead atoms. The van der Waals surface area contributed by atoms with Gasteiger partial charge in [-0.05, 0) is 18.6 Å². The van der Waals surface area contributed by atoms with Gasteiger partial charge in [0.2, 0.25) is 21.6 Å². The molecule has 0 aliphatic heterocycles. The minimum Gasteiger partial charge on any atom is -0.493 e. The van der Waals surface area contributed by atoms with Gasteiger partial charge in [0.1, 0.15) is 5.75 Å². The van der Waals surface area contributed by atoms with Crippen molar-refractivity contribution in [2.45, 2.75) is 25.1 Å². The molecule has 0 saturated carbocycles. The van der Waals surface area contributed by atoms with Crippen molar-refractivity contribution in [1.29, 1.82) is 0 Å². The molecule has 0 fully saturated rings. The van der Waals surface area contributed by atoms with E-state index in [1.54, 1.807) is 6.08 Å². The molecule has 8 nitrogen and oxygen atoms in total. The van der Waals surface area contributed by atoms with Gasteiger partial charge in [-0.25, -0.2) is 8.42 Å². The van der Waals surface area contributed by atoms with Crippen molar-refractivity contribution in [3.8, 4) is 5.75 Å². The highest BCUT2D eigenvalue weighted by molar-refractivity contribution is 7.90. The largest absolute Gasteiger partial charge is 0.493 e. The minimum atomic E-state index is -3.56. The number of carbonyl (C=O) groups excluding carboxylic acids is 1. The Hall–Kier alpha value is -2.68. The first-order valence-electron chi connectivity index (χ1n) is 7.60. The van der Waals surface area contributed by atoms with Gasteiger partial charge in [0.05, 0.1) is 13.2 Å². The predicted octanol–water partition coefficient (Wildman–Crippen LogP) is 1.59. The average Bonchev–Trinajstić information content (AvgIpc) is 3.06. The van der Waals surface area contributed by atoms with Crippen molar-refractivity contribution in [3.05, 3.63) is 41.8 Å². The van der Waals surface area contributed by atoms with Crippen molar-refractivity contribution in [3.63, 3.8) is 0 Å². The first-order valence-corrected chi connectivity index (χ1v) is 9.49. The molecule has 134 valence electrons. The Morgan fingerprint density at radius 1 is 1.32 bits per heavy atom. The highest BCUT2D eigenvalue weighted by Gasteiger charge is 2.16. The Morgan fingerprint density at radius 2 is 2.08 bits per heavy atom. The van der Waals surface area contributed by atoms with Crippen LogP contribution in [0.1, 0.15) is 24.8 Å². The quantitative estimate of drug-likeness (QED) is 0.707.